The number of nitrogens with one attached hydrogen (secondary N) is 2. The molecule has 0 aliphatic heterocycles. The first kappa shape index (κ1) is 16.2. The van der Waals surface area contributed by atoms with Gasteiger partial charge in [0.25, 0.3) is 5.56 Å². The second-order valence-corrected chi connectivity index (χ2v) is 6.59. The zero-order valence-corrected chi connectivity index (χ0v) is 13.9. The minimum atomic E-state index is -0.0431. The molecule has 3 unspecified atom stereocenters. The Bertz CT molecular complexity index is 565. The Morgan fingerprint density at radius 3 is 2.67 bits per heavy atom. The van der Waals surface area contributed by atoms with Gasteiger partial charge in [-0.1, -0.05) is 13.8 Å². The van der Waals surface area contributed by atoms with E-state index in [2.05, 4.69) is 29.1 Å². The van der Waals surface area contributed by atoms with Gasteiger partial charge in [0.1, 0.15) is 5.82 Å². The number of aromatic nitrogens is 2. The van der Waals surface area contributed by atoms with Crippen molar-refractivity contribution in [3.8, 4) is 0 Å². The van der Waals surface area contributed by atoms with E-state index in [1.807, 2.05) is 20.8 Å². The molecule has 0 amide bonds. The van der Waals surface area contributed by atoms with Crippen molar-refractivity contribution in [2.75, 3.05) is 6.61 Å². The minimum Gasteiger partial charge on any atom is -0.378 e. The van der Waals surface area contributed by atoms with E-state index < -0.39 is 0 Å². The lowest BCUT2D eigenvalue weighted by molar-refractivity contribution is -0.116. The lowest BCUT2D eigenvalue weighted by Crippen LogP contribution is -2.61. The fraction of sp³-hybridized carbons (Fsp3) is 0.750. The Morgan fingerprint density at radius 2 is 2.14 bits per heavy atom. The SMILES string of the molecule is CCOC1CC(NC(C)c2c(C)nc(C)[nH]c2=O)C1(C)C. The molecular formula is C16H27N3O2. The largest absolute Gasteiger partial charge is 0.378 e. The second-order valence-electron chi connectivity index (χ2n) is 6.59. The van der Waals surface area contributed by atoms with Crippen LogP contribution in [0.5, 0.6) is 0 Å². The first-order chi connectivity index (χ1) is 9.77. The van der Waals surface area contributed by atoms with Crippen LogP contribution in [0.3, 0.4) is 0 Å². The molecule has 1 heterocycles. The summed E-state index contributed by atoms with van der Waals surface area (Å²) in [6.07, 6.45) is 1.28. The summed E-state index contributed by atoms with van der Waals surface area (Å²) < 4.78 is 5.75. The quantitative estimate of drug-likeness (QED) is 0.873. The van der Waals surface area contributed by atoms with Crippen molar-refractivity contribution < 1.29 is 4.74 Å². The highest BCUT2D eigenvalue weighted by Crippen LogP contribution is 2.43. The van der Waals surface area contributed by atoms with Gasteiger partial charge in [-0.25, -0.2) is 4.98 Å². The van der Waals surface area contributed by atoms with Gasteiger partial charge >= 0.3 is 0 Å². The molecule has 0 saturated heterocycles. The van der Waals surface area contributed by atoms with Gasteiger partial charge in [-0.15, -0.1) is 0 Å². The second kappa shape index (κ2) is 5.89. The topological polar surface area (TPSA) is 67.0 Å². The number of hydrogen-bond acceptors (Lipinski definition) is 4. The highest BCUT2D eigenvalue weighted by molar-refractivity contribution is 5.21. The molecule has 21 heavy (non-hydrogen) atoms. The van der Waals surface area contributed by atoms with Crippen LogP contribution in [-0.2, 0) is 4.74 Å². The van der Waals surface area contributed by atoms with E-state index in [1.165, 1.54) is 0 Å². The Hall–Kier alpha value is -1.20. The number of nitrogens with zero attached hydrogens (tertiary/aromatic N) is 1. The molecule has 0 bridgehead atoms. The number of ether oxygens (including phenoxy) is 1. The van der Waals surface area contributed by atoms with E-state index in [9.17, 15) is 4.79 Å². The van der Waals surface area contributed by atoms with Crippen LogP contribution in [0, 0.1) is 19.3 Å². The van der Waals surface area contributed by atoms with E-state index in [0.717, 1.165) is 24.3 Å². The normalized spacial score (nSPS) is 25.4. The van der Waals surface area contributed by atoms with Crippen molar-refractivity contribution in [3.05, 3.63) is 27.4 Å². The third-order valence-corrected chi connectivity index (χ3v) is 4.69. The van der Waals surface area contributed by atoms with Crippen molar-refractivity contribution in [2.45, 2.75) is 66.2 Å². The molecule has 1 aliphatic rings. The predicted molar refractivity (Wildman–Crippen MR) is 83.5 cm³/mol. The molecule has 0 aromatic carbocycles. The number of hydrogen-bond donors (Lipinski definition) is 2. The fourth-order valence-electron chi connectivity index (χ4n) is 3.28. The molecule has 1 aromatic rings. The molecular weight excluding hydrogens is 266 g/mol. The van der Waals surface area contributed by atoms with Crippen LogP contribution in [-0.4, -0.2) is 28.7 Å². The van der Waals surface area contributed by atoms with E-state index in [0.29, 0.717) is 18.0 Å². The molecule has 2 rings (SSSR count). The first-order valence-electron chi connectivity index (χ1n) is 7.72. The molecule has 0 spiro atoms. The van der Waals surface area contributed by atoms with Crippen molar-refractivity contribution in [3.63, 3.8) is 0 Å². The molecule has 118 valence electrons. The molecule has 1 fully saturated rings. The summed E-state index contributed by atoms with van der Waals surface area (Å²) in [5.74, 6) is 0.661. The number of H-pyrrole nitrogens is 1. The molecule has 2 N–H and O–H groups in total. The van der Waals surface area contributed by atoms with Crippen LogP contribution in [0.1, 0.15) is 57.2 Å². The summed E-state index contributed by atoms with van der Waals surface area (Å²) in [5, 5.41) is 3.57. The summed E-state index contributed by atoms with van der Waals surface area (Å²) in [7, 11) is 0. The van der Waals surface area contributed by atoms with Crippen LogP contribution >= 0.6 is 0 Å². The van der Waals surface area contributed by atoms with E-state index in [4.69, 9.17) is 4.74 Å². The van der Waals surface area contributed by atoms with E-state index in [-0.39, 0.29) is 17.0 Å². The zero-order valence-electron chi connectivity index (χ0n) is 13.9. The smallest absolute Gasteiger partial charge is 0.255 e. The van der Waals surface area contributed by atoms with Crippen molar-refractivity contribution in [2.24, 2.45) is 5.41 Å². The van der Waals surface area contributed by atoms with Gasteiger partial charge in [-0.3, -0.25) is 4.79 Å². The van der Waals surface area contributed by atoms with Crippen LogP contribution in [0.4, 0.5) is 0 Å². The van der Waals surface area contributed by atoms with Crippen molar-refractivity contribution >= 4 is 0 Å². The van der Waals surface area contributed by atoms with Gasteiger partial charge in [-0.2, -0.15) is 0 Å². The van der Waals surface area contributed by atoms with Gasteiger partial charge in [0.05, 0.1) is 11.7 Å². The number of aryl methyl sites for hydroxylation is 2. The molecule has 5 nitrogen and oxygen atoms in total. The van der Waals surface area contributed by atoms with Crippen LogP contribution in [0.15, 0.2) is 4.79 Å². The summed E-state index contributed by atoms with van der Waals surface area (Å²) >= 11 is 0. The maximum Gasteiger partial charge on any atom is 0.255 e. The summed E-state index contributed by atoms with van der Waals surface area (Å²) in [6, 6.07) is 0.331. The van der Waals surface area contributed by atoms with E-state index in [1.54, 1.807) is 6.92 Å². The maximum atomic E-state index is 12.2. The molecule has 1 aliphatic carbocycles. The highest BCUT2D eigenvalue weighted by Gasteiger charge is 2.49. The zero-order chi connectivity index (χ0) is 15.8. The number of rotatable bonds is 5. The van der Waals surface area contributed by atoms with Gasteiger partial charge in [0.15, 0.2) is 0 Å². The van der Waals surface area contributed by atoms with E-state index >= 15 is 0 Å². The average Bonchev–Trinajstić information content (AvgIpc) is 2.36. The fourth-order valence-corrected chi connectivity index (χ4v) is 3.28. The monoisotopic (exact) mass is 293 g/mol. The molecule has 3 atom stereocenters. The lowest BCUT2D eigenvalue weighted by atomic mass is 9.64. The molecule has 1 saturated carbocycles. The van der Waals surface area contributed by atoms with Crippen LogP contribution in [0.25, 0.3) is 0 Å². The van der Waals surface area contributed by atoms with Gasteiger partial charge < -0.3 is 15.0 Å². The third-order valence-electron chi connectivity index (χ3n) is 4.69. The Kier molecular flexibility index (Phi) is 4.54. The molecule has 0 radical (unpaired) electrons. The molecule has 1 aromatic heterocycles. The Labute approximate surface area is 126 Å². The Morgan fingerprint density at radius 1 is 1.48 bits per heavy atom. The Balaban J connectivity index is 2.10. The lowest BCUT2D eigenvalue weighted by Gasteiger charge is -2.52. The maximum absolute atomic E-state index is 12.2. The molecule has 5 heteroatoms. The summed E-state index contributed by atoms with van der Waals surface area (Å²) in [4.78, 5) is 19.3. The van der Waals surface area contributed by atoms with Gasteiger partial charge in [-0.05, 0) is 34.1 Å². The van der Waals surface area contributed by atoms with Crippen LogP contribution < -0.4 is 10.9 Å². The summed E-state index contributed by atoms with van der Waals surface area (Å²) in [6.45, 7) is 12.9. The number of aromatic amines is 1. The highest BCUT2D eigenvalue weighted by atomic mass is 16.5. The average molecular weight is 293 g/mol. The van der Waals surface area contributed by atoms with Crippen molar-refractivity contribution in [1.82, 2.24) is 15.3 Å². The van der Waals surface area contributed by atoms with Crippen molar-refractivity contribution in [1.29, 1.82) is 0 Å². The summed E-state index contributed by atoms with van der Waals surface area (Å²) in [5.41, 5.74) is 1.58. The standard InChI is InChI=1S/C16H27N3O2/c1-7-21-13-8-12(16(13,5)6)18-10(3)14-9(2)17-11(4)19-15(14)20/h10,12-13,18H,7-8H2,1-6H3,(H,17,19,20). The van der Waals surface area contributed by atoms with Crippen LogP contribution in [0.2, 0.25) is 0 Å². The van der Waals surface area contributed by atoms with Gasteiger partial charge in [0.2, 0.25) is 0 Å². The third kappa shape index (κ3) is 3.04. The van der Waals surface area contributed by atoms with Gasteiger partial charge in [0, 0.05) is 29.8 Å². The minimum absolute atomic E-state index is 0.0197. The first-order valence-corrected chi connectivity index (χ1v) is 7.72. The predicted octanol–water partition coefficient (Wildman–Crippen LogP) is 2.24.